The van der Waals surface area contributed by atoms with Gasteiger partial charge in [0.15, 0.2) is 0 Å². The standard InChI is InChI=1S/C8H6BrF4NO/c9-4-1-3(6(15)2-5(4)10)7(14)8(11,12)13/h1-2,7,15H,14H2/t7-/m0/s1. The van der Waals surface area contributed by atoms with Crippen molar-refractivity contribution in [2.75, 3.05) is 0 Å². The molecule has 0 amide bonds. The van der Waals surface area contributed by atoms with E-state index in [9.17, 15) is 17.6 Å². The normalized spacial score (nSPS) is 14.0. The van der Waals surface area contributed by atoms with Crippen molar-refractivity contribution in [2.24, 2.45) is 5.73 Å². The first-order valence-electron chi connectivity index (χ1n) is 3.73. The Bertz CT molecular complexity index is 380. The third-order valence-electron chi connectivity index (χ3n) is 1.76. The lowest BCUT2D eigenvalue weighted by molar-refractivity contribution is -0.149. The molecule has 2 nitrogen and oxygen atoms in total. The van der Waals surface area contributed by atoms with Crippen LogP contribution in [-0.2, 0) is 0 Å². The summed E-state index contributed by atoms with van der Waals surface area (Å²) in [7, 11) is 0. The van der Waals surface area contributed by atoms with Gasteiger partial charge in [-0.25, -0.2) is 4.39 Å². The minimum Gasteiger partial charge on any atom is -0.507 e. The van der Waals surface area contributed by atoms with Gasteiger partial charge >= 0.3 is 6.18 Å². The van der Waals surface area contributed by atoms with E-state index in [2.05, 4.69) is 15.9 Å². The molecule has 1 aromatic rings. The van der Waals surface area contributed by atoms with E-state index >= 15 is 0 Å². The molecule has 1 aromatic carbocycles. The van der Waals surface area contributed by atoms with Crippen LogP contribution in [0.15, 0.2) is 16.6 Å². The quantitative estimate of drug-likeness (QED) is 0.780. The molecule has 0 saturated heterocycles. The average Bonchev–Trinajstić information content (AvgIpc) is 2.08. The number of halogens is 5. The zero-order chi connectivity index (χ0) is 11.8. The molecule has 0 unspecified atom stereocenters. The second-order valence-corrected chi connectivity index (χ2v) is 3.70. The number of phenols is 1. The summed E-state index contributed by atoms with van der Waals surface area (Å²) in [6.07, 6.45) is -4.69. The van der Waals surface area contributed by atoms with Crippen LogP contribution < -0.4 is 5.73 Å². The number of hydrogen-bond donors (Lipinski definition) is 2. The zero-order valence-electron chi connectivity index (χ0n) is 7.15. The summed E-state index contributed by atoms with van der Waals surface area (Å²) >= 11 is 2.71. The molecule has 0 heterocycles. The monoisotopic (exact) mass is 287 g/mol. The smallest absolute Gasteiger partial charge is 0.407 e. The van der Waals surface area contributed by atoms with Crippen LogP contribution in [0.3, 0.4) is 0 Å². The van der Waals surface area contributed by atoms with Gasteiger partial charge in [0.05, 0.1) is 4.47 Å². The summed E-state index contributed by atoms with van der Waals surface area (Å²) in [5.41, 5.74) is 4.29. The molecular weight excluding hydrogens is 282 g/mol. The molecule has 3 N–H and O–H groups in total. The van der Waals surface area contributed by atoms with Gasteiger partial charge in [0.1, 0.15) is 17.6 Å². The van der Waals surface area contributed by atoms with E-state index in [1.807, 2.05) is 0 Å². The highest BCUT2D eigenvalue weighted by atomic mass is 79.9. The molecule has 0 radical (unpaired) electrons. The van der Waals surface area contributed by atoms with Crippen LogP contribution >= 0.6 is 15.9 Å². The maximum absolute atomic E-state index is 12.8. The van der Waals surface area contributed by atoms with Crippen LogP contribution in [0.4, 0.5) is 17.6 Å². The topological polar surface area (TPSA) is 46.2 Å². The summed E-state index contributed by atoms with van der Waals surface area (Å²) < 4.78 is 49.2. The summed E-state index contributed by atoms with van der Waals surface area (Å²) in [4.78, 5) is 0. The van der Waals surface area contributed by atoms with E-state index in [0.717, 1.165) is 6.07 Å². The van der Waals surface area contributed by atoms with Gasteiger partial charge < -0.3 is 10.8 Å². The number of benzene rings is 1. The fourth-order valence-corrected chi connectivity index (χ4v) is 1.34. The second kappa shape index (κ2) is 3.97. The first kappa shape index (κ1) is 12.3. The molecule has 0 aliphatic rings. The SMILES string of the molecule is N[C@@H](c1cc(Br)c(F)cc1O)C(F)(F)F. The molecule has 0 fully saturated rings. The van der Waals surface area contributed by atoms with Crippen molar-refractivity contribution in [2.45, 2.75) is 12.2 Å². The van der Waals surface area contributed by atoms with Crippen molar-refractivity contribution in [1.29, 1.82) is 0 Å². The highest BCUT2D eigenvalue weighted by molar-refractivity contribution is 9.10. The van der Waals surface area contributed by atoms with E-state index < -0.39 is 29.3 Å². The average molecular weight is 288 g/mol. The first-order valence-corrected chi connectivity index (χ1v) is 4.53. The van der Waals surface area contributed by atoms with Crippen molar-refractivity contribution in [1.82, 2.24) is 0 Å². The molecule has 0 aliphatic heterocycles. The molecule has 1 rings (SSSR count). The van der Waals surface area contributed by atoms with Gasteiger partial charge in [-0.1, -0.05) is 0 Å². The predicted molar refractivity (Wildman–Crippen MR) is 48.7 cm³/mol. The maximum Gasteiger partial charge on any atom is 0.407 e. The number of aromatic hydroxyl groups is 1. The third-order valence-corrected chi connectivity index (χ3v) is 2.36. The van der Waals surface area contributed by atoms with Crippen molar-refractivity contribution < 1.29 is 22.7 Å². The number of nitrogens with two attached hydrogens (primary N) is 1. The highest BCUT2D eigenvalue weighted by Gasteiger charge is 2.39. The first-order chi connectivity index (χ1) is 6.73. The van der Waals surface area contributed by atoms with Gasteiger partial charge in [-0.2, -0.15) is 13.2 Å². The summed E-state index contributed by atoms with van der Waals surface area (Å²) in [6.45, 7) is 0. The molecule has 0 saturated carbocycles. The lowest BCUT2D eigenvalue weighted by Crippen LogP contribution is -2.28. The van der Waals surface area contributed by atoms with Gasteiger partial charge in [0, 0.05) is 11.6 Å². The van der Waals surface area contributed by atoms with Crippen molar-refractivity contribution in [3.63, 3.8) is 0 Å². The van der Waals surface area contributed by atoms with E-state index in [1.54, 1.807) is 0 Å². The molecule has 0 spiro atoms. The van der Waals surface area contributed by atoms with Crippen LogP contribution in [0.2, 0.25) is 0 Å². The predicted octanol–water partition coefficient (Wildman–Crippen LogP) is 2.86. The highest BCUT2D eigenvalue weighted by Crippen LogP contribution is 2.37. The number of rotatable bonds is 1. The minimum absolute atomic E-state index is 0.185. The Balaban J connectivity index is 3.21. The Morgan fingerprint density at radius 3 is 2.33 bits per heavy atom. The lowest BCUT2D eigenvalue weighted by Gasteiger charge is -2.17. The van der Waals surface area contributed by atoms with Crippen LogP contribution in [-0.4, -0.2) is 11.3 Å². The van der Waals surface area contributed by atoms with E-state index in [0.29, 0.717) is 6.07 Å². The molecule has 1 atom stereocenters. The zero-order valence-corrected chi connectivity index (χ0v) is 8.73. The van der Waals surface area contributed by atoms with Gasteiger partial charge in [0.2, 0.25) is 0 Å². The fourth-order valence-electron chi connectivity index (χ4n) is 0.977. The molecule has 15 heavy (non-hydrogen) atoms. The van der Waals surface area contributed by atoms with Crippen LogP contribution in [0.1, 0.15) is 11.6 Å². The minimum atomic E-state index is -4.69. The fraction of sp³-hybridized carbons (Fsp3) is 0.250. The molecule has 84 valence electrons. The van der Waals surface area contributed by atoms with Gasteiger partial charge in [-0.3, -0.25) is 0 Å². The van der Waals surface area contributed by atoms with Gasteiger partial charge in [-0.15, -0.1) is 0 Å². The van der Waals surface area contributed by atoms with Gasteiger partial charge in [0.25, 0.3) is 0 Å². The van der Waals surface area contributed by atoms with Crippen molar-refractivity contribution in [3.05, 3.63) is 28.0 Å². The second-order valence-electron chi connectivity index (χ2n) is 2.84. The Kier molecular flexibility index (Phi) is 3.25. The van der Waals surface area contributed by atoms with Crippen molar-refractivity contribution in [3.8, 4) is 5.75 Å². The maximum atomic E-state index is 12.8. The Morgan fingerprint density at radius 2 is 1.87 bits per heavy atom. The summed E-state index contributed by atoms with van der Waals surface area (Å²) in [5.74, 6) is -1.67. The Hall–Kier alpha value is -0.820. The van der Waals surface area contributed by atoms with Crippen LogP contribution in [0.25, 0.3) is 0 Å². The molecule has 0 aromatic heterocycles. The molecule has 0 bridgehead atoms. The lowest BCUT2D eigenvalue weighted by atomic mass is 10.1. The number of phenolic OH excluding ortho intramolecular Hbond substituents is 1. The molecule has 7 heteroatoms. The van der Waals surface area contributed by atoms with Crippen molar-refractivity contribution >= 4 is 15.9 Å². The summed E-state index contributed by atoms with van der Waals surface area (Å²) in [6, 6.07) is -0.956. The van der Waals surface area contributed by atoms with E-state index in [4.69, 9.17) is 10.8 Å². The Morgan fingerprint density at radius 1 is 1.33 bits per heavy atom. The summed E-state index contributed by atoms with van der Waals surface area (Å²) in [5, 5.41) is 9.11. The van der Waals surface area contributed by atoms with E-state index in [-0.39, 0.29) is 4.47 Å². The number of alkyl halides is 3. The third kappa shape index (κ3) is 2.60. The molecule has 0 aliphatic carbocycles. The molecular formula is C8H6BrF4NO. The van der Waals surface area contributed by atoms with E-state index in [1.165, 1.54) is 0 Å². The van der Waals surface area contributed by atoms with Crippen LogP contribution in [0, 0.1) is 5.82 Å². The Labute approximate surface area is 90.8 Å². The number of hydrogen-bond acceptors (Lipinski definition) is 2. The van der Waals surface area contributed by atoms with Crippen LogP contribution in [0.5, 0.6) is 5.75 Å². The van der Waals surface area contributed by atoms with Gasteiger partial charge in [-0.05, 0) is 22.0 Å². The largest absolute Gasteiger partial charge is 0.507 e.